The van der Waals surface area contributed by atoms with E-state index in [0.29, 0.717) is 18.1 Å². The van der Waals surface area contributed by atoms with Gasteiger partial charge in [-0.25, -0.2) is 0 Å². The molecule has 0 fully saturated rings. The monoisotopic (exact) mass is 238 g/mol. The van der Waals surface area contributed by atoms with Gasteiger partial charge in [-0.15, -0.1) is 12.3 Å². The van der Waals surface area contributed by atoms with E-state index < -0.39 is 7.60 Å². The van der Waals surface area contributed by atoms with Crippen LogP contribution in [0.25, 0.3) is 0 Å². The van der Waals surface area contributed by atoms with Gasteiger partial charge in [0.25, 0.3) is 0 Å². The minimum atomic E-state index is -3.65. The fourth-order valence-corrected chi connectivity index (χ4v) is 2.28. The van der Waals surface area contributed by atoms with Gasteiger partial charge in [0.15, 0.2) is 0 Å². The molecule has 1 rings (SSSR count). The second-order valence-corrected chi connectivity index (χ2v) is 5.17. The third-order valence-corrected chi connectivity index (χ3v) is 3.55. The van der Waals surface area contributed by atoms with Gasteiger partial charge in [0.05, 0.1) is 11.9 Å². The average molecular weight is 238 g/mol. The Balaban J connectivity index is 2.42. The van der Waals surface area contributed by atoms with E-state index in [1.54, 1.807) is 30.3 Å². The Labute approximate surface area is 96.0 Å². The van der Waals surface area contributed by atoms with Gasteiger partial charge in [-0.1, -0.05) is 18.2 Å². The van der Waals surface area contributed by atoms with Crippen molar-refractivity contribution in [3.8, 4) is 12.3 Å². The van der Waals surface area contributed by atoms with E-state index >= 15 is 0 Å². The molecule has 4 heteroatoms. The molecule has 3 nitrogen and oxygen atoms in total. The number of unbranched alkanes of at least 4 members (excludes halogenated alkanes) is 2. The summed E-state index contributed by atoms with van der Waals surface area (Å²) < 4.78 is 16.7. The molecule has 0 saturated carbocycles. The van der Waals surface area contributed by atoms with Crippen molar-refractivity contribution in [3.05, 3.63) is 30.3 Å². The van der Waals surface area contributed by atoms with Crippen LogP contribution >= 0.6 is 7.60 Å². The molecule has 0 radical (unpaired) electrons. The van der Waals surface area contributed by atoms with Gasteiger partial charge in [0, 0.05) is 6.42 Å². The minimum Gasteiger partial charge on any atom is -0.321 e. The number of hydrogen-bond acceptors (Lipinski definition) is 2. The van der Waals surface area contributed by atoms with Crippen molar-refractivity contribution in [2.24, 2.45) is 0 Å². The smallest absolute Gasteiger partial charge is 0.321 e. The van der Waals surface area contributed by atoms with Crippen LogP contribution < -0.4 is 5.30 Å². The van der Waals surface area contributed by atoms with Gasteiger partial charge in [-0.2, -0.15) is 0 Å². The fourth-order valence-electron chi connectivity index (χ4n) is 1.21. The third kappa shape index (κ3) is 4.20. The molecule has 86 valence electrons. The standard InChI is InChI=1S/C12H15O3P/c1-2-3-4-8-11-15-16(13,14)12-9-6-5-7-10-12/h1,5-7,9-10H,3-4,8,11H2,(H,13,14). The molecule has 0 spiro atoms. The Bertz CT molecular complexity index is 394. The van der Waals surface area contributed by atoms with Crippen LogP contribution in [0.15, 0.2) is 30.3 Å². The molecule has 0 aliphatic carbocycles. The summed E-state index contributed by atoms with van der Waals surface area (Å²) in [6.07, 6.45) is 7.27. The first kappa shape index (κ1) is 13.0. The van der Waals surface area contributed by atoms with Crippen molar-refractivity contribution in [2.45, 2.75) is 19.3 Å². The lowest BCUT2D eigenvalue weighted by atomic mass is 10.2. The summed E-state index contributed by atoms with van der Waals surface area (Å²) in [5.41, 5.74) is 0. The SMILES string of the molecule is C#CCCCCOP(=O)(O)c1ccccc1. The number of terminal acetylenes is 1. The maximum Gasteiger partial charge on any atom is 0.358 e. The predicted molar refractivity (Wildman–Crippen MR) is 64.5 cm³/mol. The molecule has 0 aliphatic heterocycles. The summed E-state index contributed by atoms with van der Waals surface area (Å²) in [4.78, 5) is 9.64. The third-order valence-electron chi connectivity index (χ3n) is 2.06. The van der Waals surface area contributed by atoms with Crippen molar-refractivity contribution in [3.63, 3.8) is 0 Å². The van der Waals surface area contributed by atoms with Gasteiger partial charge in [0.1, 0.15) is 0 Å². The molecule has 1 N–H and O–H groups in total. The highest BCUT2D eigenvalue weighted by Crippen LogP contribution is 2.40. The molecule has 1 atom stereocenters. The Hall–Kier alpha value is -1.07. The number of rotatable bonds is 6. The van der Waals surface area contributed by atoms with E-state index in [0.717, 1.165) is 6.42 Å². The molecule has 0 saturated heterocycles. The summed E-state index contributed by atoms with van der Waals surface area (Å²) in [6, 6.07) is 8.38. The zero-order chi connectivity index (χ0) is 11.9. The highest BCUT2D eigenvalue weighted by atomic mass is 31.2. The van der Waals surface area contributed by atoms with Crippen molar-refractivity contribution in [2.75, 3.05) is 6.61 Å². The quantitative estimate of drug-likeness (QED) is 0.470. The van der Waals surface area contributed by atoms with Crippen LogP contribution in [0.1, 0.15) is 19.3 Å². The summed E-state index contributed by atoms with van der Waals surface area (Å²) in [5.74, 6) is 2.51. The second-order valence-electron chi connectivity index (χ2n) is 3.35. The lowest BCUT2D eigenvalue weighted by molar-refractivity contribution is 0.263. The van der Waals surface area contributed by atoms with Crippen molar-refractivity contribution >= 4 is 12.9 Å². The lowest BCUT2D eigenvalue weighted by Crippen LogP contribution is -2.07. The summed E-state index contributed by atoms with van der Waals surface area (Å²) in [5, 5.41) is 0.326. The van der Waals surface area contributed by atoms with Crippen LogP contribution in [-0.4, -0.2) is 11.5 Å². The molecule has 1 unspecified atom stereocenters. The van der Waals surface area contributed by atoms with E-state index in [2.05, 4.69) is 5.92 Å². The fraction of sp³-hybridized carbons (Fsp3) is 0.333. The van der Waals surface area contributed by atoms with Crippen LogP contribution in [0, 0.1) is 12.3 Å². The van der Waals surface area contributed by atoms with Crippen molar-refractivity contribution in [1.29, 1.82) is 0 Å². The molecule has 0 aromatic heterocycles. The van der Waals surface area contributed by atoms with E-state index in [9.17, 15) is 9.46 Å². The highest BCUT2D eigenvalue weighted by Gasteiger charge is 2.21. The van der Waals surface area contributed by atoms with Gasteiger partial charge >= 0.3 is 7.60 Å². The van der Waals surface area contributed by atoms with Crippen LogP contribution in [-0.2, 0) is 9.09 Å². The van der Waals surface area contributed by atoms with Crippen LogP contribution in [0.3, 0.4) is 0 Å². The normalized spacial score (nSPS) is 14.0. The Morgan fingerprint density at radius 3 is 2.62 bits per heavy atom. The summed E-state index contributed by atoms with van der Waals surface area (Å²) in [6.45, 7) is 0.254. The van der Waals surface area contributed by atoms with Gasteiger partial charge in [-0.3, -0.25) is 4.57 Å². The lowest BCUT2D eigenvalue weighted by Gasteiger charge is -2.11. The topological polar surface area (TPSA) is 46.5 Å². The maximum atomic E-state index is 11.7. The summed E-state index contributed by atoms with van der Waals surface area (Å²) >= 11 is 0. The molecular weight excluding hydrogens is 223 g/mol. The van der Waals surface area contributed by atoms with Crippen LogP contribution in [0.2, 0.25) is 0 Å². The largest absolute Gasteiger partial charge is 0.358 e. The zero-order valence-corrected chi connectivity index (χ0v) is 9.90. The Morgan fingerprint density at radius 1 is 1.31 bits per heavy atom. The maximum absolute atomic E-state index is 11.7. The first-order valence-electron chi connectivity index (χ1n) is 5.13. The molecule has 0 heterocycles. The molecule has 16 heavy (non-hydrogen) atoms. The highest BCUT2D eigenvalue weighted by molar-refractivity contribution is 7.61. The predicted octanol–water partition coefficient (Wildman–Crippen LogP) is 2.32. The molecule has 1 aromatic carbocycles. The number of hydrogen-bond donors (Lipinski definition) is 1. The van der Waals surface area contributed by atoms with Crippen molar-refractivity contribution < 1.29 is 14.0 Å². The van der Waals surface area contributed by atoms with E-state index in [-0.39, 0.29) is 6.61 Å². The zero-order valence-electron chi connectivity index (χ0n) is 9.00. The first-order valence-corrected chi connectivity index (χ1v) is 6.71. The van der Waals surface area contributed by atoms with E-state index in [4.69, 9.17) is 10.9 Å². The molecule has 0 amide bonds. The average Bonchev–Trinajstić information content (AvgIpc) is 2.30. The Kier molecular flexibility index (Phi) is 5.28. The molecule has 1 aromatic rings. The van der Waals surface area contributed by atoms with Crippen molar-refractivity contribution in [1.82, 2.24) is 0 Å². The van der Waals surface area contributed by atoms with Gasteiger partial charge in [-0.05, 0) is 25.0 Å². The number of benzene rings is 1. The van der Waals surface area contributed by atoms with Gasteiger partial charge in [0.2, 0.25) is 0 Å². The minimum absolute atomic E-state index is 0.254. The molecule has 0 bridgehead atoms. The van der Waals surface area contributed by atoms with E-state index in [1.807, 2.05) is 0 Å². The second kappa shape index (κ2) is 6.50. The molecular formula is C12H15O3P. The van der Waals surface area contributed by atoms with Gasteiger partial charge < -0.3 is 9.42 Å². The summed E-state index contributed by atoms with van der Waals surface area (Å²) in [7, 11) is -3.65. The van der Waals surface area contributed by atoms with Crippen LogP contribution in [0.4, 0.5) is 0 Å². The van der Waals surface area contributed by atoms with Crippen LogP contribution in [0.5, 0.6) is 0 Å². The molecule has 0 aliphatic rings. The first-order chi connectivity index (χ1) is 7.67. The Morgan fingerprint density at radius 2 is 2.00 bits per heavy atom. The van der Waals surface area contributed by atoms with E-state index in [1.165, 1.54) is 0 Å².